The lowest BCUT2D eigenvalue weighted by Gasteiger charge is -2.11. The SMILES string of the molecule is COc1ccccc1N=c1oc2ccc(Cl)cc2cc1C(=O)NC[C@H]1CCCO1. The molecular formula is C22H21ClN2O4. The number of hydrogen-bond acceptors (Lipinski definition) is 5. The molecule has 1 aliphatic rings. The van der Waals surface area contributed by atoms with Gasteiger partial charge in [0.2, 0.25) is 5.55 Å². The Hall–Kier alpha value is -2.83. The minimum Gasteiger partial charge on any atom is -0.494 e. The molecule has 3 aromatic rings. The van der Waals surface area contributed by atoms with Gasteiger partial charge in [-0.25, -0.2) is 4.99 Å². The number of nitrogens with zero attached hydrogens (tertiary/aromatic N) is 1. The van der Waals surface area contributed by atoms with Crippen LogP contribution in [0.15, 0.2) is 57.9 Å². The predicted molar refractivity (Wildman–Crippen MR) is 111 cm³/mol. The molecule has 0 saturated carbocycles. The molecule has 4 rings (SSSR count). The third kappa shape index (κ3) is 4.44. The summed E-state index contributed by atoms with van der Waals surface area (Å²) in [7, 11) is 1.57. The van der Waals surface area contributed by atoms with E-state index in [0.29, 0.717) is 34.2 Å². The number of methoxy groups -OCH3 is 1. The molecule has 1 aliphatic heterocycles. The number of ether oxygens (including phenoxy) is 2. The van der Waals surface area contributed by atoms with Crippen LogP contribution < -0.4 is 15.6 Å². The van der Waals surface area contributed by atoms with Crippen molar-refractivity contribution >= 4 is 34.2 Å². The van der Waals surface area contributed by atoms with Gasteiger partial charge in [0.25, 0.3) is 5.91 Å². The standard InChI is InChI=1S/C22H21ClN2O4/c1-27-20-7-3-2-6-18(20)25-22-17(21(26)24-13-16-5-4-10-28-16)12-14-11-15(23)8-9-19(14)29-22/h2-3,6-9,11-12,16H,4-5,10,13H2,1H3,(H,24,26)/t16-/m1/s1. The fourth-order valence-electron chi connectivity index (χ4n) is 3.29. The molecular weight excluding hydrogens is 392 g/mol. The van der Waals surface area contributed by atoms with Crippen molar-refractivity contribution in [2.24, 2.45) is 4.99 Å². The highest BCUT2D eigenvalue weighted by atomic mass is 35.5. The molecule has 0 bridgehead atoms. The topological polar surface area (TPSA) is 73.1 Å². The molecule has 1 atom stereocenters. The average molecular weight is 413 g/mol. The molecule has 1 amide bonds. The van der Waals surface area contributed by atoms with E-state index in [2.05, 4.69) is 10.3 Å². The second-order valence-electron chi connectivity index (χ2n) is 6.78. The summed E-state index contributed by atoms with van der Waals surface area (Å²) >= 11 is 6.11. The van der Waals surface area contributed by atoms with E-state index >= 15 is 0 Å². The van der Waals surface area contributed by atoms with E-state index in [9.17, 15) is 4.79 Å². The van der Waals surface area contributed by atoms with Gasteiger partial charge in [0.05, 0.1) is 13.2 Å². The highest BCUT2D eigenvalue weighted by molar-refractivity contribution is 6.31. The van der Waals surface area contributed by atoms with Gasteiger partial charge in [-0.3, -0.25) is 4.79 Å². The van der Waals surface area contributed by atoms with Crippen molar-refractivity contribution < 1.29 is 18.7 Å². The number of rotatable bonds is 5. The Labute approximate surface area is 173 Å². The van der Waals surface area contributed by atoms with Crippen molar-refractivity contribution in [1.82, 2.24) is 5.32 Å². The Morgan fingerprint density at radius 1 is 1.28 bits per heavy atom. The zero-order chi connectivity index (χ0) is 20.2. The van der Waals surface area contributed by atoms with E-state index in [1.165, 1.54) is 0 Å². The number of carbonyl (C=O) groups excluding carboxylic acids is 1. The zero-order valence-electron chi connectivity index (χ0n) is 16.0. The second-order valence-corrected chi connectivity index (χ2v) is 7.21. The number of fused-ring (bicyclic) bond motifs is 1. The molecule has 0 spiro atoms. The molecule has 0 radical (unpaired) electrons. The number of amides is 1. The molecule has 1 aromatic heterocycles. The molecule has 6 nitrogen and oxygen atoms in total. The number of hydrogen-bond donors (Lipinski definition) is 1. The van der Waals surface area contributed by atoms with Crippen molar-refractivity contribution in [2.75, 3.05) is 20.3 Å². The van der Waals surface area contributed by atoms with Gasteiger partial charge >= 0.3 is 0 Å². The van der Waals surface area contributed by atoms with Gasteiger partial charge in [0.1, 0.15) is 22.6 Å². The van der Waals surface area contributed by atoms with Crippen molar-refractivity contribution in [2.45, 2.75) is 18.9 Å². The highest BCUT2D eigenvalue weighted by Gasteiger charge is 2.19. The summed E-state index contributed by atoms with van der Waals surface area (Å²) in [5.41, 5.74) is 1.68. The van der Waals surface area contributed by atoms with Crippen LogP contribution in [0.4, 0.5) is 5.69 Å². The van der Waals surface area contributed by atoms with Crippen LogP contribution in [0.5, 0.6) is 5.75 Å². The van der Waals surface area contributed by atoms with Crippen LogP contribution in [0.1, 0.15) is 23.2 Å². The van der Waals surface area contributed by atoms with Gasteiger partial charge in [0, 0.05) is 23.6 Å². The van der Waals surface area contributed by atoms with Crippen molar-refractivity contribution in [1.29, 1.82) is 0 Å². The Morgan fingerprint density at radius 3 is 2.93 bits per heavy atom. The monoisotopic (exact) mass is 412 g/mol. The smallest absolute Gasteiger partial charge is 0.256 e. The maximum absolute atomic E-state index is 12.9. The van der Waals surface area contributed by atoms with Crippen LogP contribution in [0, 0.1) is 0 Å². The van der Waals surface area contributed by atoms with E-state index in [1.54, 1.807) is 43.5 Å². The number of benzene rings is 2. The first-order chi connectivity index (χ1) is 14.1. The summed E-state index contributed by atoms with van der Waals surface area (Å²) in [4.78, 5) is 17.5. The Kier molecular flexibility index (Phi) is 5.83. The summed E-state index contributed by atoms with van der Waals surface area (Å²) in [5.74, 6) is 0.310. The Morgan fingerprint density at radius 2 is 2.14 bits per heavy atom. The zero-order valence-corrected chi connectivity index (χ0v) is 16.7. The molecule has 0 aliphatic carbocycles. The summed E-state index contributed by atoms with van der Waals surface area (Å²) < 4.78 is 16.9. The van der Waals surface area contributed by atoms with Crippen LogP contribution in [0.2, 0.25) is 5.02 Å². The third-order valence-electron chi connectivity index (χ3n) is 4.77. The average Bonchev–Trinajstić information content (AvgIpc) is 3.26. The second kappa shape index (κ2) is 8.68. The van der Waals surface area contributed by atoms with Crippen molar-refractivity contribution in [3.63, 3.8) is 0 Å². The first kappa shape index (κ1) is 19.5. The normalized spacial score (nSPS) is 16.9. The van der Waals surface area contributed by atoms with Gasteiger partial charge in [-0.2, -0.15) is 0 Å². The van der Waals surface area contributed by atoms with Gasteiger partial charge < -0.3 is 19.2 Å². The first-order valence-corrected chi connectivity index (χ1v) is 9.83. The lowest BCUT2D eigenvalue weighted by atomic mass is 10.1. The summed E-state index contributed by atoms with van der Waals surface area (Å²) in [6.45, 7) is 1.18. The molecule has 1 N–H and O–H groups in total. The molecule has 0 unspecified atom stereocenters. The molecule has 2 heterocycles. The van der Waals surface area contributed by atoms with Gasteiger partial charge in [0.15, 0.2) is 0 Å². The van der Waals surface area contributed by atoms with Crippen LogP contribution in [0.3, 0.4) is 0 Å². The molecule has 2 aromatic carbocycles. The first-order valence-electron chi connectivity index (χ1n) is 9.45. The van der Waals surface area contributed by atoms with E-state index in [1.807, 2.05) is 12.1 Å². The maximum Gasteiger partial charge on any atom is 0.256 e. The number of para-hydroxylation sites is 2. The lowest BCUT2D eigenvalue weighted by Crippen LogP contribution is -2.34. The Bertz CT molecular complexity index is 1100. The van der Waals surface area contributed by atoms with Crippen LogP contribution in [-0.4, -0.2) is 32.3 Å². The van der Waals surface area contributed by atoms with Crippen molar-refractivity contribution in [3.8, 4) is 5.75 Å². The maximum atomic E-state index is 12.9. The quantitative estimate of drug-likeness (QED) is 0.680. The van der Waals surface area contributed by atoms with E-state index in [-0.39, 0.29) is 17.6 Å². The predicted octanol–water partition coefficient (Wildman–Crippen LogP) is 4.24. The van der Waals surface area contributed by atoms with Crippen LogP contribution in [-0.2, 0) is 4.74 Å². The summed E-state index contributed by atoms with van der Waals surface area (Å²) in [6.07, 6.45) is 2.00. The lowest BCUT2D eigenvalue weighted by molar-refractivity contribution is 0.0854. The minimum absolute atomic E-state index is 0.0420. The number of carbonyl (C=O) groups is 1. The minimum atomic E-state index is -0.278. The molecule has 150 valence electrons. The largest absolute Gasteiger partial charge is 0.494 e. The van der Waals surface area contributed by atoms with Crippen LogP contribution in [0.25, 0.3) is 11.0 Å². The van der Waals surface area contributed by atoms with Gasteiger partial charge in [-0.05, 0) is 49.2 Å². The fraction of sp³-hybridized carbons (Fsp3) is 0.273. The molecule has 7 heteroatoms. The third-order valence-corrected chi connectivity index (χ3v) is 5.01. The van der Waals surface area contributed by atoms with Gasteiger partial charge in [-0.1, -0.05) is 23.7 Å². The number of halogens is 1. The van der Waals surface area contributed by atoms with Crippen LogP contribution >= 0.6 is 11.6 Å². The molecule has 1 saturated heterocycles. The fourth-order valence-corrected chi connectivity index (χ4v) is 3.47. The highest BCUT2D eigenvalue weighted by Crippen LogP contribution is 2.26. The van der Waals surface area contributed by atoms with Gasteiger partial charge in [-0.15, -0.1) is 0 Å². The van der Waals surface area contributed by atoms with E-state index in [4.69, 9.17) is 25.5 Å². The van der Waals surface area contributed by atoms with Crippen molar-refractivity contribution in [3.05, 3.63) is 64.7 Å². The summed E-state index contributed by atoms with van der Waals surface area (Å²) in [6, 6.07) is 14.3. The molecule has 29 heavy (non-hydrogen) atoms. The number of nitrogens with one attached hydrogen (secondary N) is 1. The molecule has 1 fully saturated rings. The summed E-state index contributed by atoms with van der Waals surface area (Å²) in [5, 5.41) is 4.21. The van der Waals surface area contributed by atoms with E-state index in [0.717, 1.165) is 24.8 Å². The Balaban J connectivity index is 1.78. The van der Waals surface area contributed by atoms with E-state index < -0.39 is 0 Å².